The summed E-state index contributed by atoms with van der Waals surface area (Å²) < 4.78 is 10.9. The molecule has 1 heterocycles. The van der Waals surface area contributed by atoms with Gasteiger partial charge in [0.2, 0.25) is 5.91 Å². The average Bonchev–Trinajstić information content (AvgIpc) is 2.87. The fraction of sp³-hybridized carbons (Fsp3) is 0.259. The van der Waals surface area contributed by atoms with Gasteiger partial charge in [-0.15, -0.1) is 0 Å². The van der Waals surface area contributed by atoms with E-state index in [2.05, 4.69) is 0 Å². The number of carbonyl (C=O) groups is 2. The van der Waals surface area contributed by atoms with Crippen LogP contribution in [0, 0.1) is 0 Å². The van der Waals surface area contributed by atoms with Gasteiger partial charge in [0.25, 0.3) is 5.91 Å². The normalized spacial score (nSPS) is 16.0. The van der Waals surface area contributed by atoms with Crippen LogP contribution in [0.3, 0.4) is 0 Å². The van der Waals surface area contributed by atoms with Crippen molar-refractivity contribution in [1.82, 2.24) is 9.80 Å². The Morgan fingerprint density at radius 1 is 0.909 bits per heavy atom. The topological polar surface area (TPSA) is 59.1 Å². The second-order valence-corrected chi connectivity index (χ2v) is 8.07. The molecule has 1 atom stereocenters. The van der Waals surface area contributed by atoms with Crippen LogP contribution in [0.25, 0.3) is 11.1 Å². The van der Waals surface area contributed by atoms with Crippen molar-refractivity contribution in [3.63, 3.8) is 0 Å². The summed E-state index contributed by atoms with van der Waals surface area (Å²) in [6.07, 6.45) is 0.410. The van der Waals surface area contributed by atoms with E-state index in [4.69, 9.17) is 9.47 Å². The summed E-state index contributed by atoms with van der Waals surface area (Å²) in [6, 6.07) is 22.2. The van der Waals surface area contributed by atoms with Gasteiger partial charge in [-0.25, -0.2) is 0 Å². The molecular weight excluding hydrogens is 416 g/mol. The maximum absolute atomic E-state index is 13.5. The Morgan fingerprint density at radius 3 is 2.39 bits per heavy atom. The van der Waals surface area contributed by atoms with Gasteiger partial charge in [-0.2, -0.15) is 0 Å². The number of methoxy groups -OCH3 is 2. The Kier molecular flexibility index (Phi) is 6.63. The molecule has 0 saturated carbocycles. The van der Waals surface area contributed by atoms with Crippen molar-refractivity contribution in [2.45, 2.75) is 12.5 Å². The second-order valence-electron chi connectivity index (χ2n) is 8.07. The molecular formula is C27H28N2O4. The molecule has 6 heteroatoms. The van der Waals surface area contributed by atoms with Crippen LogP contribution >= 0.6 is 0 Å². The van der Waals surface area contributed by atoms with Gasteiger partial charge in [0.05, 0.1) is 14.2 Å². The van der Waals surface area contributed by atoms with E-state index in [1.165, 1.54) is 0 Å². The lowest BCUT2D eigenvalue weighted by Crippen LogP contribution is -2.58. The number of para-hydroxylation sites is 1. The molecule has 1 aliphatic heterocycles. The number of piperazine rings is 1. The van der Waals surface area contributed by atoms with Gasteiger partial charge in [0.1, 0.15) is 17.5 Å². The second kappa shape index (κ2) is 9.77. The lowest BCUT2D eigenvalue weighted by molar-refractivity contribution is -0.138. The minimum absolute atomic E-state index is 0.0627. The van der Waals surface area contributed by atoms with E-state index in [1.54, 1.807) is 55.3 Å². The number of benzene rings is 3. The smallest absolute Gasteiger partial charge is 0.254 e. The van der Waals surface area contributed by atoms with Gasteiger partial charge in [-0.05, 0) is 35.4 Å². The van der Waals surface area contributed by atoms with Crippen LogP contribution in [-0.4, -0.2) is 62.0 Å². The summed E-state index contributed by atoms with van der Waals surface area (Å²) in [5, 5.41) is 0. The highest BCUT2D eigenvalue weighted by atomic mass is 16.5. The molecule has 4 rings (SSSR count). The van der Waals surface area contributed by atoms with Crippen LogP contribution in [0.4, 0.5) is 0 Å². The largest absolute Gasteiger partial charge is 0.497 e. The molecule has 1 fully saturated rings. The minimum atomic E-state index is -0.599. The molecule has 3 aromatic carbocycles. The number of hydrogen-bond donors (Lipinski definition) is 0. The molecule has 6 nitrogen and oxygen atoms in total. The molecule has 33 heavy (non-hydrogen) atoms. The fourth-order valence-electron chi connectivity index (χ4n) is 4.31. The molecule has 0 radical (unpaired) electrons. The standard InChI is InChI=1S/C27H28N2O4/c1-28-15-16-29(26(30)20-10-8-11-21(17-20)32-2)24(27(28)31)18-19-9-4-5-12-22(19)23-13-6-7-14-25(23)33-3/h4-14,17,24H,15-16,18H2,1-3H3/t24-/m0/s1. The van der Waals surface area contributed by atoms with E-state index in [0.717, 1.165) is 22.4 Å². The first-order chi connectivity index (χ1) is 16.0. The van der Waals surface area contributed by atoms with Crippen LogP contribution < -0.4 is 9.47 Å². The number of nitrogens with zero attached hydrogens (tertiary/aromatic N) is 2. The van der Waals surface area contributed by atoms with Gasteiger partial charge in [-0.1, -0.05) is 48.5 Å². The maximum atomic E-state index is 13.5. The van der Waals surface area contributed by atoms with Gasteiger partial charge >= 0.3 is 0 Å². The zero-order valence-electron chi connectivity index (χ0n) is 19.2. The molecule has 0 N–H and O–H groups in total. The van der Waals surface area contributed by atoms with Crippen molar-refractivity contribution in [1.29, 1.82) is 0 Å². The summed E-state index contributed by atoms with van der Waals surface area (Å²) in [7, 11) is 5.00. The molecule has 3 aromatic rings. The summed E-state index contributed by atoms with van der Waals surface area (Å²) >= 11 is 0. The number of ether oxygens (including phenoxy) is 2. The van der Waals surface area contributed by atoms with Crippen molar-refractivity contribution < 1.29 is 19.1 Å². The molecule has 0 aliphatic carbocycles. The molecule has 170 valence electrons. The molecule has 0 aromatic heterocycles. The Balaban J connectivity index is 1.70. The lowest BCUT2D eigenvalue weighted by Gasteiger charge is -2.39. The van der Waals surface area contributed by atoms with Crippen LogP contribution in [-0.2, 0) is 11.2 Å². The lowest BCUT2D eigenvalue weighted by atomic mass is 9.92. The third-order valence-corrected chi connectivity index (χ3v) is 6.12. The highest BCUT2D eigenvalue weighted by Gasteiger charge is 2.37. The third-order valence-electron chi connectivity index (χ3n) is 6.12. The number of hydrogen-bond acceptors (Lipinski definition) is 4. The summed E-state index contributed by atoms with van der Waals surface area (Å²) in [6.45, 7) is 0.971. The highest BCUT2D eigenvalue weighted by Crippen LogP contribution is 2.33. The van der Waals surface area contributed by atoms with E-state index in [0.29, 0.717) is 30.8 Å². The summed E-state index contributed by atoms with van der Waals surface area (Å²) in [4.78, 5) is 30.1. The van der Waals surface area contributed by atoms with E-state index in [1.807, 2.05) is 48.5 Å². The molecule has 2 amide bonds. The predicted octanol–water partition coefficient (Wildman–Crippen LogP) is 3.90. The van der Waals surface area contributed by atoms with E-state index >= 15 is 0 Å². The highest BCUT2D eigenvalue weighted by molar-refractivity contribution is 5.98. The Labute approximate surface area is 194 Å². The van der Waals surface area contributed by atoms with Gasteiger partial charge < -0.3 is 19.3 Å². The first kappa shape index (κ1) is 22.4. The molecule has 0 bridgehead atoms. The predicted molar refractivity (Wildman–Crippen MR) is 128 cm³/mol. The first-order valence-electron chi connectivity index (χ1n) is 10.9. The quantitative estimate of drug-likeness (QED) is 0.579. The monoisotopic (exact) mass is 444 g/mol. The minimum Gasteiger partial charge on any atom is -0.497 e. The van der Waals surface area contributed by atoms with Gasteiger partial charge in [0, 0.05) is 37.7 Å². The third kappa shape index (κ3) is 4.55. The van der Waals surface area contributed by atoms with E-state index < -0.39 is 6.04 Å². The zero-order chi connectivity index (χ0) is 23.4. The molecule has 0 unspecified atom stereocenters. The van der Waals surface area contributed by atoms with E-state index in [9.17, 15) is 9.59 Å². The fourth-order valence-corrected chi connectivity index (χ4v) is 4.31. The van der Waals surface area contributed by atoms with Crippen LogP contribution in [0.1, 0.15) is 15.9 Å². The van der Waals surface area contributed by atoms with Crippen molar-refractivity contribution in [3.8, 4) is 22.6 Å². The number of amides is 2. The van der Waals surface area contributed by atoms with Crippen LogP contribution in [0.2, 0.25) is 0 Å². The van der Waals surface area contributed by atoms with Gasteiger partial charge in [0.15, 0.2) is 0 Å². The first-order valence-corrected chi connectivity index (χ1v) is 10.9. The summed E-state index contributed by atoms with van der Waals surface area (Å²) in [5.41, 5.74) is 3.44. The molecule has 1 aliphatic rings. The average molecular weight is 445 g/mol. The van der Waals surface area contributed by atoms with Crippen molar-refractivity contribution in [2.24, 2.45) is 0 Å². The zero-order valence-corrected chi connectivity index (χ0v) is 19.2. The van der Waals surface area contributed by atoms with Crippen molar-refractivity contribution in [3.05, 3.63) is 83.9 Å². The Hall–Kier alpha value is -3.80. The summed E-state index contributed by atoms with van der Waals surface area (Å²) in [5.74, 6) is 1.14. The van der Waals surface area contributed by atoms with Crippen LogP contribution in [0.15, 0.2) is 72.8 Å². The Bertz CT molecular complexity index is 1160. The number of likely N-dealkylation sites (N-methyl/N-ethyl adjacent to an activating group) is 1. The number of rotatable bonds is 6. The number of carbonyl (C=O) groups excluding carboxylic acids is 2. The van der Waals surface area contributed by atoms with Crippen molar-refractivity contribution in [2.75, 3.05) is 34.4 Å². The van der Waals surface area contributed by atoms with Crippen molar-refractivity contribution >= 4 is 11.8 Å². The molecule has 0 spiro atoms. The maximum Gasteiger partial charge on any atom is 0.254 e. The SMILES string of the molecule is COc1cccc(C(=O)N2CCN(C)C(=O)[C@@H]2Cc2ccccc2-c2ccccc2OC)c1. The van der Waals surface area contributed by atoms with Gasteiger partial charge in [-0.3, -0.25) is 9.59 Å². The van der Waals surface area contributed by atoms with Crippen LogP contribution in [0.5, 0.6) is 11.5 Å². The van der Waals surface area contributed by atoms with E-state index in [-0.39, 0.29) is 11.8 Å². The molecule has 1 saturated heterocycles. The Morgan fingerprint density at radius 2 is 1.64 bits per heavy atom.